The van der Waals surface area contributed by atoms with Crippen molar-refractivity contribution in [3.05, 3.63) is 12.3 Å². The Kier molecular flexibility index (Phi) is 9.00. The maximum atomic E-state index is 13.7. The van der Waals surface area contributed by atoms with Crippen molar-refractivity contribution in [2.24, 2.45) is 5.41 Å². The normalized spacial score (nSPS) is 23.4. The van der Waals surface area contributed by atoms with E-state index >= 15 is 0 Å². The number of hydrogen-bond donors (Lipinski definition) is 3. The molecule has 3 aliphatic rings. The number of alkyl carbamates (subject to hydrolysis) is 1. The highest BCUT2D eigenvalue weighted by molar-refractivity contribution is 7.91. The number of hydrogen-bond acceptors (Lipinski definition) is 8. The molecule has 1 aliphatic heterocycles. The number of nitrogens with zero attached hydrogens (tertiary/aromatic N) is 2. The highest BCUT2D eigenvalue weighted by atomic mass is 32.2. The number of nitrogens with one attached hydrogen (secondary N) is 2. The SMILES string of the molecule is CCC1(S(=O)(=O)NC(=O)C=CN(C(=O)C2CC(O)CN2C(=O)C(NC(=O)OC(C)(C)C)C(C)(C)C)C2CC2)CC1. The first-order valence-electron chi connectivity index (χ1n) is 13.8. The Balaban J connectivity index is 1.77. The number of likely N-dealkylation sites (tertiary alicyclic amines) is 1. The van der Waals surface area contributed by atoms with Crippen LogP contribution >= 0.6 is 0 Å². The highest BCUT2D eigenvalue weighted by Crippen LogP contribution is 2.45. The van der Waals surface area contributed by atoms with Crippen LogP contribution in [0.5, 0.6) is 0 Å². The summed E-state index contributed by atoms with van der Waals surface area (Å²) in [4.78, 5) is 55.1. The van der Waals surface area contributed by atoms with Gasteiger partial charge in [0.1, 0.15) is 17.7 Å². The van der Waals surface area contributed by atoms with Crippen LogP contribution < -0.4 is 10.0 Å². The van der Waals surface area contributed by atoms with Gasteiger partial charge in [-0.3, -0.25) is 14.4 Å². The number of amides is 4. The van der Waals surface area contributed by atoms with Crippen LogP contribution in [0.15, 0.2) is 12.3 Å². The van der Waals surface area contributed by atoms with Crippen LogP contribution in [0.4, 0.5) is 4.79 Å². The summed E-state index contributed by atoms with van der Waals surface area (Å²) in [6, 6.07) is -2.27. The molecule has 0 aromatic heterocycles. The highest BCUT2D eigenvalue weighted by Gasteiger charge is 2.53. The van der Waals surface area contributed by atoms with Gasteiger partial charge < -0.3 is 25.0 Å². The van der Waals surface area contributed by atoms with E-state index in [4.69, 9.17) is 4.74 Å². The molecule has 3 atom stereocenters. The summed E-state index contributed by atoms with van der Waals surface area (Å²) in [5, 5.41) is 13.1. The second-order valence-corrected chi connectivity index (χ2v) is 15.2. The number of rotatable bonds is 9. The van der Waals surface area contributed by atoms with Gasteiger partial charge in [-0.1, -0.05) is 27.7 Å². The third kappa shape index (κ3) is 7.54. The monoisotopic (exact) mass is 584 g/mol. The lowest BCUT2D eigenvalue weighted by Gasteiger charge is -2.36. The van der Waals surface area contributed by atoms with E-state index in [-0.39, 0.29) is 19.0 Å². The minimum absolute atomic E-state index is 0.00940. The quantitative estimate of drug-likeness (QED) is 0.346. The van der Waals surface area contributed by atoms with Gasteiger partial charge in [0, 0.05) is 31.3 Å². The molecule has 13 heteroatoms. The fourth-order valence-corrected chi connectivity index (χ4v) is 6.37. The van der Waals surface area contributed by atoms with Gasteiger partial charge in [0.05, 0.1) is 10.9 Å². The Morgan fingerprint density at radius 2 is 1.73 bits per heavy atom. The smallest absolute Gasteiger partial charge is 0.408 e. The molecule has 1 saturated heterocycles. The molecule has 3 unspecified atom stereocenters. The van der Waals surface area contributed by atoms with Gasteiger partial charge in [0.15, 0.2) is 0 Å². The average molecular weight is 585 g/mol. The Bertz CT molecular complexity index is 1150. The summed E-state index contributed by atoms with van der Waals surface area (Å²) in [5.41, 5.74) is -1.53. The van der Waals surface area contributed by atoms with E-state index in [1.165, 1.54) is 16.0 Å². The third-order valence-corrected chi connectivity index (χ3v) is 9.77. The van der Waals surface area contributed by atoms with Gasteiger partial charge in [-0.05, 0) is 58.3 Å². The molecule has 0 aromatic rings. The summed E-state index contributed by atoms with van der Waals surface area (Å²) in [6.45, 7) is 12.1. The molecule has 2 aliphatic carbocycles. The molecule has 12 nitrogen and oxygen atoms in total. The van der Waals surface area contributed by atoms with E-state index in [1.54, 1.807) is 48.5 Å². The Morgan fingerprint density at radius 1 is 1.12 bits per heavy atom. The lowest BCUT2D eigenvalue weighted by Crippen LogP contribution is -2.58. The minimum atomic E-state index is -3.84. The van der Waals surface area contributed by atoms with Crippen molar-refractivity contribution in [2.45, 2.75) is 122 Å². The second kappa shape index (κ2) is 11.3. The lowest BCUT2D eigenvalue weighted by atomic mass is 9.85. The summed E-state index contributed by atoms with van der Waals surface area (Å²) in [7, 11) is -3.84. The van der Waals surface area contributed by atoms with Gasteiger partial charge in [0.25, 0.3) is 5.91 Å². The molecule has 3 fully saturated rings. The minimum Gasteiger partial charge on any atom is -0.444 e. The first-order valence-corrected chi connectivity index (χ1v) is 15.3. The van der Waals surface area contributed by atoms with Crippen molar-refractivity contribution < 1.29 is 37.4 Å². The molecule has 0 spiro atoms. The zero-order valence-corrected chi connectivity index (χ0v) is 25.3. The van der Waals surface area contributed by atoms with Crippen molar-refractivity contribution in [2.75, 3.05) is 6.54 Å². The molecule has 226 valence electrons. The molecule has 4 amide bonds. The maximum Gasteiger partial charge on any atom is 0.408 e. The molecular formula is C27H44N4O8S. The zero-order chi connectivity index (χ0) is 30.3. The van der Waals surface area contributed by atoms with Crippen molar-refractivity contribution in [1.82, 2.24) is 19.8 Å². The summed E-state index contributed by atoms with van der Waals surface area (Å²) >= 11 is 0. The second-order valence-electron chi connectivity index (χ2n) is 13.1. The van der Waals surface area contributed by atoms with Crippen molar-refractivity contribution >= 4 is 33.8 Å². The van der Waals surface area contributed by atoms with Crippen LogP contribution in [0, 0.1) is 5.41 Å². The van der Waals surface area contributed by atoms with Crippen molar-refractivity contribution in [3.63, 3.8) is 0 Å². The Hall–Kier alpha value is -2.67. The van der Waals surface area contributed by atoms with Gasteiger partial charge >= 0.3 is 6.09 Å². The first-order chi connectivity index (χ1) is 18.3. The predicted octanol–water partition coefficient (Wildman–Crippen LogP) is 1.78. The van der Waals surface area contributed by atoms with Crippen LogP contribution in [0.3, 0.4) is 0 Å². The molecule has 1 heterocycles. The zero-order valence-electron chi connectivity index (χ0n) is 24.5. The lowest BCUT2D eigenvalue weighted by molar-refractivity contribution is -0.145. The maximum absolute atomic E-state index is 13.7. The average Bonchev–Trinajstić information content (AvgIpc) is 3.72. The van der Waals surface area contributed by atoms with E-state index in [2.05, 4.69) is 10.0 Å². The van der Waals surface area contributed by atoms with Gasteiger partial charge in [-0.25, -0.2) is 17.9 Å². The van der Waals surface area contributed by atoms with E-state index in [9.17, 15) is 32.7 Å². The molecule has 2 saturated carbocycles. The van der Waals surface area contributed by atoms with E-state index < -0.39 is 67.8 Å². The number of ether oxygens (including phenoxy) is 1. The van der Waals surface area contributed by atoms with Gasteiger partial charge in [0.2, 0.25) is 21.8 Å². The Morgan fingerprint density at radius 3 is 2.20 bits per heavy atom. The molecule has 0 aromatic carbocycles. The topological polar surface area (TPSA) is 162 Å². The van der Waals surface area contributed by atoms with Crippen LogP contribution in [-0.4, -0.2) is 88.3 Å². The van der Waals surface area contributed by atoms with Crippen molar-refractivity contribution in [3.8, 4) is 0 Å². The summed E-state index contributed by atoms with van der Waals surface area (Å²) < 4.78 is 31.7. The number of sulfonamides is 1. The number of aliphatic hydroxyl groups is 1. The van der Waals surface area contributed by atoms with Gasteiger partial charge in [-0.2, -0.15) is 0 Å². The standard InChI is InChI=1S/C27H44N4O8S/c1-8-27(12-13-27)40(37,38)29-20(33)11-14-30(17-9-10-17)22(34)19-15-18(32)16-31(19)23(35)21(25(2,3)4)28-24(36)39-26(5,6)7/h11,14,17-19,21,32H,8-10,12-13,15-16H2,1-7H3,(H,28,36)(H,29,33). The van der Waals surface area contributed by atoms with Crippen LogP contribution in [-0.2, 0) is 29.1 Å². The molecular weight excluding hydrogens is 540 g/mol. The molecule has 0 radical (unpaired) electrons. The molecule has 3 rings (SSSR count). The van der Waals surface area contributed by atoms with Crippen LogP contribution in [0.25, 0.3) is 0 Å². The molecule has 0 bridgehead atoms. The summed E-state index contributed by atoms with van der Waals surface area (Å²) in [6.07, 6.45) is 3.28. The number of aliphatic hydroxyl groups excluding tert-OH is 1. The summed E-state index contributed by atoms with van der Waals surface area (Å²) in [5.74, 6) is -1.88. The fraction of sp³-hybridized carbons (Fsp3) is 0.778. The van der Waals surface area contributed by atoms with Crippen LogP contribution in [0.2, 0.25) is 0 Å². The first kappa shape index (κ1) is 31.9. The number of carbonyl (C=O) groups excluding carboxylic acids is 4. The van der Waals surface area contributed by atoms with E-state index in [0.717, 1.165) is 6.08 Å². The van der Waals surface area contributed by atoms with E-state index in [0.29, 0.717) is 32.1 Å². The number of carbonyl (C=O) groups is 4. The molecule has 3 N–H and O–H groups in total. The third-order valence-electron chi connectivity index (χ3n) is 7.46. The molecule has 40 heavy (non-hydrogen) atoms. The van der Waals surface area contributed by atoms with E-state index in [1.807, 2.05) is 0 Å². The van der Waals surface area contributed by atoms with Crippen LogP contribution in [0.1, 0.15) is 87.0 Å². The fourth-order valence-electron chi connectivity index (χ4n) is 4.81. The van der Waals surface area contributed by atoms with Crippen molar-refractivity contribution in [1.29, 1.82) is 0 Å². The predicted molar refractivity (Wildman–Crippen MR) is 147 cm³/mol. The largest absolute Gasteiger partial charge is 0.444 e. The Labute approximate surface area is 236 Å². The van der Waals surface area contributed by atoms with Gasteiger partial charge in [-0.15, -0.1) is 0 Å². The number of β-amino-alcohol motifs (C(OH)–C–C–N with tert-alkyl or cyclic N) is 1.